The van der Waals surface area contributed by atoms with Crippen LogP contribution in [0.5, 0.6) is 0 Å². The third-order valence-corrected chi connectivity index (χ3v) is 4.00. The number of nitrogens with two attached hydrogens (primary N) is 1. The van der Waals surface area contributed by atoms with Gasteiger partial charge in [0, 0.05) is 25.0 Å². The molecule has 1 aliphatic rings. The van der Waals surface area contributed by atoms with Crippen molar-refractivity contribution < 1.29 is 14.1 Å². The number of aryl methyl sites for hydroxylation is 1. The Balaban J connectivity index is 1.87. The van der Waals surface area contributed by atoms with Gasteiger partial charge >= 0.3 is 0 Å². The van der Waals surface area contributed by atoms with E-state index in [1.165, 1.54) is 4.90 Å². The standard InChI is InChI=1S/C16H18N6O3/c1-9-6-11(21-25-9)14(24)19-10-4-5-18-12(7-10)16(2)8-13(23)22(3)15(17)20-16/h4-7H,8H2,1-3H3,(H2,17,20)(H,18,19,24). The summed E-state index contributed by atoms with van der Waals surface area (Å²) in [5.74, 6) is 0.127. The second kappa shape index (κ2) is 6.00. The van der Waals surface area contributed by atoms with Gasteiger partial charge in [-0.25, -0.2) is 4.99 Å². The molecule has 1 unspecified atom stereocenters. The van der Waals surface area contributed by atoms with E-state index in [1.54, 1.807) is 45.3 Å². The molecule has 0 aliphatic carbocycles. The monoisotopic (exact) mass is 342 g/mol. The van der Waals surface area contributed by atoms with Crippen LogP contribution in [0.3, 0.4) is 0 Å². The molecular formula is C16H18N6O3. The van der Waals surface area contributed by atoms with Crippen LogP contribution in [0.15, 0.2) is 33.9 Å². The third-order valence-electron chi connectivity index (χ3n) is 4.00. The lowest BCUT2D eigenvalue weighted by molar-refractivity contribution is -0.128. The number of anilines is 1. The molecule has 0 bridgehead atoms. The van der Waals surface area contributed by atoms with E-state index in [0.717, 1.165) is 0 Å². The lowest BCUT2D eigenvalue weighted by atomic mass is 9.91. The Morgan fingerprint density at radius 1 is 1.44 bits per heavy atom. The van der Waals surface area contributed by atoms with Gasteiger partial charge in [0.15, 0.2) is 11.7 Å². The predicted octanol–water partition coefficient (Wildman–Crippen LogP) is 1.02. The largest absolute Gasteiger partial charge is 0.369 e. The Morgan fingerprint density at radius 2 is 2.20 bits per heavy atom. The fourth-order valence-corrected chi connectivity index (χ4v) is 2.53. The van der Waals surface area contributed by atoms with Gasteiger partial charge in [-0.3, -0.25) is 19.5 Å². The van der Waals surface area contributed by atoms with E-state index in [9.17, 15) is 9.59 Å². The van der Waals surface area contributed by atoms with Crippen LogP contribution < -0.4 is 11.1 Å². The van der Waals surface area contributed by atoms with E-state index in [-0.39, 0.29) is 24.0 Å². The molecule has 0 spiro atoms. The summed E-state index contributed by atoms with van der Waals surface area (Å²) in [4.78, 5) is 34.3. The SMILES string of the molecule is Cc1cc(C(=O)Nc2ccnc(C3(C)CC(=O)N(C)C(N)=N3)c2)no1. The molecule has 2 aromatic heterocycles. The van der Waals surface area contributed by atoms with Crippen molar-refractivity contribution in [2.24, 2.45) is 10.7 Å². The number of aliphatic imine (C=N–C) groups is 1. The molecule has 3 N–H and O–H groups in total. The Morgan fingerprint density at radius 3 is 2.84 bits per heavy atom. The number of carbonyl (C=O) groups is 2. The lowest BCUT2D eigenvalue weighted by Gasteiger charge is -2.32. The molecule has 3 heterocycles. The maximum Gasteiger partial charge on any atom is 0.277 e. The van der Waals surface area contributed by atoms with Crippen LogP contribution in [0.25, 0.3) is 0 Å². The number of carbonyl (C=O) groups excluding carboxylic acids is 2. The van der Waals surface area contributed by atoms with E-state index >= 15 is 0 Å². The zero-order valence-corrected chi connectivity index (χ0v) is 14.1. The van der Waals surface area contributed by atoms with Gasteiger partial charge in [0.2, 0.25) is 5.91 Å². The van der Waals surface area contributed by atoms with E-state index in [0.29, 0.717) is 17.1 Å². The molecule has 0 radical (unpaired) electrons. The number of nitrogens with zero attached hydrogens (tertiary/aromatic N) is 4. The number of pyridine rings is 1. The molecule has 0 saturated heterocycles. The van der Waals surface area contributed by atoms with Crippen LogP contribution in [0.4, 0.5) is 5.69 Å². The zero-order valence-electron chi connectivity index (χ0n) is 14.1. The van der Waals surface area contributed by atoms with Crippen molar-refractivity contribution >= 4 is 23.5 Å². The topological polar surface area (TPSA) is 127 Å². The fraction of sp³-hybridized carbons (Fsp3) is 0.312. The molecule has 2 amide bonds. The van der Waals surface area contributed by atoms with Gasteiger partial charge in [0.25, 0.3) is 5.91 Å². The van der Waals surface area contributed by atoms with Crippen LogP contribution in [-0.4, -0.2) is 39.9 Å². The highest BCUT2D eigenvalue weighted by Crippen LogP contribution is 2.32. The number of rotatable bonds is 3. The molecule has 9 heteroatoms. The van der Waals surface area contributed by atoms with Gasteiger partial charge in [-0.05, 0) is 26.0 Å². The first-order valence-corrected chi connectivity index (χ1v) is 7.61. The van der Waals surface area contributed by atoms with Crippen LogP contribution in [0.2, 0.25) is 0 Å². The summed E-state index contributed by atoms with van der Waals surface area (Å²) >= 11 is 0. The highest BCUT2D eigenvalue weighted by molar-refractivity contribution is 6.03. The molecule has 25 heavy (non-hydrogen) atoms. The summed E-state index contributed by atoms with van der Waals surface area (Å²) in [5.41, 5.74) is 6.15. The summed E-state index contributed by atoms with van der Waals surface area (Å²) in [6, 6.07) is 4.85. The molecule has 130 valence electrons. The average Bonchev–Trinajstić information content (AvgIpc) is 2.99. The smallest absolute Gasteiger partial charge is 0.277 e. The Hall–Kier alpha value is -3.23. The van der Waals surface area contributed by atoms with Crippen LogP contribution >= 0.6 is 0 Å². The molecule has 1 atom stereocenters. The van der Waals surface area contributed by atoms with Crippen molar-refractivity contribution in [2.75, 3.05) is 12.4 Å². The molecule has 0 saturated carbocycles. The van der Waals surface area contributed by atoms with Gasteiger partial charge in [0.1, 0.15) is 11.3 Å². The highest BCUT2D eigenvalue weighted by atomic mass is 16.5. The number of guanidine groups is 1. The predicted molar refractivity (Wildman–Crippen MR) is 89.8 cm³/mol. The van der Waals surface area contributed by atoms with Crippen molar-refractivity contribution in [3.05, 3.63) is 41.5 Å². The second-order valence-corrected chi connectivity index (χ2v) is 6.08. The minimum Gasteiger partial charge on any atom is -0.369 e. The van der Waals surface area contributed by atoms with Crippen molar-refractivity contribution in [3.63, 3.8) is 0 Å². The fourth-order valence-electron chi connectivity index (χ4n) is 2.53. The molecule has 9 nitrogen and oxygen atoms in total. The molecule has 0 aromatic carbocycles. The van der Waals surface area contributed by atoms with E-state index in [1.807, 2.05) is 0 Å². The highest BCUT2D eigenvalue weighted by Gasteiger charge is 2.37. The Labute approximate surface area is 143 Å². The van der Waals surface area contributed by atoms with Gasteiger partial charge in [-0.15, -0.1) is 0 Å². The first-order chi connectivity index (χ1) is 11.8. The summed E-state index contributed by atoms with van der Waals surface area (Å²) in [6.45, 7) is 3.48. The first-order valence-electron chi connectivity index (χ1n) is 7.61. The summed E-state index contributed by atoms with van der Waals surface area (Å²) in [6.07, 6.45) is 1.68. The minimum absolute atomic E-state index is 0.132. The number of amides is 2. The molecule has 3 rings (SSSR count). The van der Waals surface area contributed by atoms with E-state index in [2.05, 4.69) is 20.4 Å². The van der Waals surface area contributed by atoms with Crippen molar-refractivity contribution in [3.8, 4) is 0 Å². The third kappa shape index (κ3) is 3.21. The second-order valence-electron chi connectivity index (χ2n) is 6.08. The number of hydrogen-bond acceptors (Lipinski definition) is 7. The van der Waals surface area contributed by atoms with Crippen molar-refractivity contribution in [2.45, 2.75) is 25.8 Å². The normalized spacial score (nSPS) is 20.4. The summed E-state index contributed by atoms with van der Waals surface area (Å²) in [7, 11) is 1.57. The quantitative estimate of drug-likeness (QED) is 0.857. The average molecular weight is 342 g/mol. The van der Waals surface area contributed by atoms with Crippen LogP contribution in [0, 0.1) is 6.92 Å². The van der Waals surface area contributed by atoms with Crippen molar-refractivity contribution in [1.82, 2.24) is 15.0 Å². The van der Waals surface area contributed by atoms with Crippen LogP contribution in [0.1, 0.15) is 35.3 Å². The van der Waals surface area contributed by atoms with E-state index in [4.69, 9.17) is 10.3 Å². The Kier molecular flexibility index (Phi) is 3.99. The molecular weight excluding hydrogens is 324 g/mol. The number of hydrogen-bond donors (Lipinski definition) is 2. The summed E-state index contributed by atoms with van der Waals surface area (Å²) in [5, 5.41) is 6.40. The van der Waals surface area contributed by atoms with Crippen LogP contribution in [-0.2, 0) is 10.3 Å². The molecule has 0 fully saturated rings. The number of aromatic nitrogens is 2. The van der Waals surface area contributed by atoms with Gasteiger partial charge in [-0.1, -0.05) is 5.16 Å². The van der Waals surface area contributed by atoms with Crippen molar-refractivity contribution in [1.29, 1.82) is 0 Å². The Bertz CT molecular complexity index is 874. The van der Waals surface area contributed by atoms with Gasteiger partial charge in [-0.2, -0.15) is 0 Å². The van der Waals surface area contributed by atoms with Gasteiger partial charge in [0.05, 0.1) is 12.1 Å². The maximum absolute atomic E-state index is 12.2. The zero-order chi connectivity index (χ0) is 18.2. The first kappa shape index (κ1) is 16.6. The molecule has 2 aromatic rings. The minimum atomic E-state index is -0.890. The van der Waals surface area contributed by atoms with E-state index < -0.39 is 11.4 Å². The maximum atomic E-state index is 12.2. The van der Waals surface area contributed by atoms with Gasteiger partial charge < -0.3 is 15.6 Å². The lowest BCUT2D eigenvalue weighted by Crippen LogP contribution is -2.47. The molecule has 1 aliphatic heterocycles. The summed E-state index contributed by atoms with van der Waals surface area (Å²) < 4.78 is 4.89. The number of nitrogens with one attached hydrogen (secondary N) is 1.